The van der Waals surface area contributed by atoms with Gasteiger partial charge in [-0.2, -0.15) is 0 Å². The molecule has 3 heteroatoms. The highest BCUT2D eigenvalue weighted by atomic mass is 16.3. The second kappa shape index (κ2) is 6.55. The fourth-order valence-electron chi connectivity index (χ4n) is 3.87. The van der Waals surface area contributed by atoms with Gasteiger partial charge in [-0.25, -0.2) is 0 Å². The van der Waals surface area contributed by atoms with E-state index in [-0.39, 0.29) is 6.10 Å². The minimum Gasteiger partial charge on any atom is -0.391 e. The van der Waals surface area contributed by atoms with Gasteiger partial charge in [0.25, 0.3) is 0 Å². The zero-order chi connectivity index (χ0) is 14.0. The summed E-state index contributed by atoms with van der Waals surface area (Å²) < 4.78 is 0. The predicted octanol–water partition coefficient (Wildman–Crippen LogP) is 2.20. The minimum absolute atomic E-state index is 0.101. The van der Waals surface area contributed by atoms with Crippen LogP contribution in [0.1, 0.15) is 46.0 Å². The first-order valence-electron chi connectivity index (χ1n) is 8.07. The molecule has 3 nitrogen and oxygen atoms in total. The van der Waals surface area contributed by atoms with Gasteiger partial charge in [-0.15, -0.1) is 0 Å². The van der Waals surface area contributed by atoms with Crippen LogP contribution in [0.3, 0.4) is 0 Å². The van der Waals surface area contributed by atoms with Crippen LogP contribution in [0.15, 0.2) is 0 Å². The van der Waals surface area contributed by atoms with Crippen molar-refractivity contribution in [2.75, 3.05) is 27.2 Å². The van der Waals surface area contributed by atoms with E-state index < -0.39 is 0 Å². The molecule has 1 saturated heterocycles. The van der Waals surface area contributed by atoms with Crippen LogP contribution in [0.2, 0.25) is 0 Å². The van der Waals surface area contributed by atoms with Crippen LogP contribution in [0, 0.1) is 11.8 Å². The molecule has 1 saturated carbocycles. The molecule has 2 fully saturated rings. The maximum absolute atomic E-state index is 10.4. The first-order chi connectivity index (χ1) is 8.99. The smallest absolute Gasteiger partial charge is 0.0695 e. The molecule has 0 spiro atoms. The van der Waals surface area contributed by atoms with Crippen molar-refractivity contribution in [3.63, 3.8) is 0 Å². The average Bonchev–Trinajstić information content (AvgIpc) is 2.39. The quantitative estimate of drug-likeness (QED) is 0.850. The lowest BCUT2D eigenvalue weighted by molar-refractivity contribution is -0.0239. The number of likely N-dealkylation sites (N-methyl/N-ethyl adjacent to an activating group) is 1. The number of aliphatic hydroxyl groups excluding tert-OH is 1. The largest absolute Gasteiger partial charge is 0.391 e. The van der Waals surface area contributed by atoms with Gasteiger partial charge in [-0.05, 0) is 64.6 Å². The fraction of sp³-hybridized carbons (Fsp3) is 1.00. The van der Waals surface area contributed by atoms with E-state index in [1.165, 1.54) is 32.2 Å². The third-order valence-electron chi connectivity index (χ3n) is 5.39. The van der Waals surface area contributed by atoms with Crippen LogP contribution in [0.25, 0.3) is 0 Å². The van der Waals surface area contributed by atoms with Crippen LogP contribution in [0.4, 0.5) is 0 Å². The number of nitrogens with zero attached hydrogens (tertiary/aromatic N) is 2. The van der Waals surface area contributed by atoms with Gasteiger partial charge < -0.3 is 10.0 Å². The Morgan fingerprint density at radius 3 is 2.53 bits per heavy atom. The van der Waals surface area contributed by atoms with E-state index in [0.717, 1.165) is 24.8 Å². The van der Waals surface area contributed by atoms with E-state index in [4.69, 9.17) is 0 Å². The van der Waals surface area contributed by atoms with Crippen LogP contribution < -0.4 is 0 Å². The first-order valence-corrected chi connectivity index (χ1v) is 8.07. The summed E-state index contributed by atoms with van der Waals surface area (Å²) in [5.74, 6) is 1.55. The molecule has 4 atom stereocenters. The Bertz CT molecular complexity index is 280. The number of aliphatic hydroxyl groups is 1. The van der Waals surface area contributed by atoms with Crippen LogP contribution in [0.5, 0.6) is 0 Å². The highest BCUT2D eigenvalue weighted by molar-refractivity contribution is 4.91. The lowest BCUT2D eigenvalue weighted by Crippen LogP contribution is -2.54. The van der Waals surface area contributed by atoms with Crippen molar-refractivity contribution in [3.05, 3.63) is 0 Å². The minimum atomic E-state index is -0.101. The lowest BCUT2D eigenvalue weighted by Gasteiger charge is -2.46. The third kappa shape index (κ3) is 3.71. The summed E-state index contributed by atoms with van der Waals surface area (Å²) in [5.41, 5.74) is 0. The third-order valence-corrected chi connectivity index (χ3v) is 5.39. The molecule has 0 radical (unpaired) electrons. The van der Waals surface area contributed by atoms with Crippen molar-refractivity contribution in [2.24, 2.45) is 11.8 Å². The summed E-state index contributed by atoms with van der Waals surface area (Å²) in [4.78, 5) is 4.93. The molecule has 1 aliphatic heterocycles. The van der Waals surface area contributed by atoms with E-state index in [0.29, 0.717) is 12.1 Å². The van der Waals surface area contributed by atoms with Crippen molar-refractivity contribution >= 4 is 0 Å². The van der Waals surface area contributed by atoms with Crippen molar-refractivity contribution in [2.45, 2.75) is 64.1 Å². The molecule has 2 aliphatic rings. The van der Waals surface area contributed by atoms with E-state index in [1.54, 1.807) is 0 Å². The van der Waals surface area contributed by atoms with Gasteiger partial charge in [-0.3, -0.25) is 4.90 Å². The molecule has 0 aromatic rings. The molecule has 0 bridgehead atoms. The Hall–Kier alpha value is -0.120. The number of hydrogen-bond donors (Lipinski definition) is 1. The molecular weight excluding hydrogens is 236 g/mol. The van der Waals surface area contributed by atoms with Crippen molar-refractivity contribution in [3.8, 4) is 0 Å². The lowest BCUT2D eigenvalue weighted by atomic mass is 9.77. The summed E-state index contributed by atoms with van der Waals surface area (Å²) in [6.07, 6.45) is 5.88. The van der Waals surface area contributed by atoms with E-state index >= 15 is 0 Å². The fourth-order valence-corrected chi connectivity index (χ4v) is 3.87. The van der Waals surface area contributed by atoms with Gasteiger partial charge in [0.05, 0.1) is 6.10 Å². The Kier molecular flexibility index (Phi) is 5.27. The molecule has 0 aromatic carbocycles. The molecule has 19 heavy (non-hydrogen) atoms. The standard InChI is InChI=1S/C16H32N2O/c1-12(2)13-7-8-16(19)15(10-13)18-9-5-6-14(11-18)17(3)4/h12-16,19H,5-11H2,1-4H3. The van der Waals surface area contributed by atoms with Gasteiger partial charge in [0.2, 0.25) is 0 Å². The molecule has 0 amide bonds. The van der Waals surface area contributed by atoms with Crippen molar-refractivity contribution < 1.29 is 5.11 Å². The molecule has 4 unspecified atom stereocenters. The molecule has 112 valence electrons. The molecule has 0 aromatic heterocycles. The van der Waals surface area contributed by atoms with Gasteiger partial charge in [-0.1, -0.05) is 13.8 Å². The molecule has 2 rings (SSSR count). The number of hydrogen-bond acceptors (Lipinski definition) is 3. The highest BCUT2D eigenvalue weighted by Crippen LogP contribution is 2.34. The normalized spacial score (nSPS) is 38.1. The summed E-state index contributed by atoms with van der Waals surface area (Å²) in [5, 5.41) is 10.4. The number of rotatable bonds is 3. The Morgan fingerprint density at radius 1 is 1.16 bits per heavy atom. The van der Waals surface area contributed by atoms with E-state index in [2.05, 4.69) is 37.7 Å². The van der Waals surface area contributed by atoms with Crippen LogP contribution in [-0.2, 0) is 0 Å². The van der Waals surface area contributed by atoms with Crippen molar-refractivity contribution in [1.29, 1.82) is 0 Å². The second-order valence-corrected chi connectivity index (χ2v) is 7.21. The van der Waals surface area contributed by atoms with Crippen LogP contribution >= 0.6 is 0 Å². The van der Waals surface area contributed by atoms with Gasteiger partial charge in [0.1, 0.15) is 0 Å². The average molecular weight is 268 g/mol. The Morgan fingerprint density at radius 2 is 1.89 bits per heavy atom. The molecule has 1 N–H and O–H groups in total. The highest BCUT2D eigenvalue weighted by Gasteiger charge is 2.36. The maximum atomic E-state index is 10.4. The SMILES string of the molecule is CC(C)C1CCC(O)C(N2CCCC(N(C)C)C2)C1. The number of piperidine rings is 1. The maximum Gasteiger partial charge on any atom is 0.0695 e. The summed E-state index contributed by atoms with van der Waals surface area (Å²) in [6, 6.07) is 1.07. The molecule has 1 aliphatic carbocycles. The van der Waals surface area contributed by atoms with Gasteiger partial charge in [0, 0.05) is 18.6 Å². The summed E-state index contributed by atoms with van der Waals surface area (Å²) in [6.45, 7) is 6.98. The topological polar surface area (TPSA) is 26.7 Å². The zero-order valence-corrected chi connectivity index (χ0v) is 13.2. The van der Waals surface area contributed by atoms with Crippen molar-refractivity contribution in [1.82, 2.24) is 9.80 Å². The zero-order valence-electron chi connectivity index (χ0n) is 13.2. The van der Waals surface area contributed by atoms with Gasteiger partial charge >= 0.3 is 0 Å². The first kappa shape index (κ1) is 15.3. The second-order valence-electron chi connectivity index (χ2n) is 7.21. The van der Waals surface area contributed by atoms with Gasteiger partial charge in [0.15, 0.2) is 0 Å². The number of likely N-dealkylation sites (tertiary alicyclic amines) is 1. The Balaban J connectivity index is 1.98. The monoisotopic (exact) mass is 268 g/mol. The summed E-state index contributed by atoms with van der Waals surface area (Å²) in [7, 11) is 4.37. The Labute approximate surface area is 119 Å². The summed E-state index contributed by atoms with van der Waals surface area (Å²) >= 11 is 0. The van der Waals surface area contributed by atoms with E-state index in [9.17, 15) is 5.11 Å². The van der Waals surface area contributed by atoms with Crippen LogP contribution in [-0.4, -0.2) is 60.3 Å². The van der Waals surface area contributed by atoms with E-state index in [1.807, 2.05) is 0 Å². The molecule has 1 heterocycles. The molecular formula is C16H32N2O. The predicted molar refractivity (Wildman–Crippen MR) is 80.3 cm³/mol.